The third-order valence-electron chi connectivity index (χ3n) is 5.83. The van der Waals surface area contributed by atoms with Gasteiger partial charge in [0, 0.05) is 50.1 Å². The van der Waals surface area contributed by atoms with Gasteiger partial charge in [-0.25, -0.2) is 4.98 Å². The molecule has 1 atom stereocenters. The molecule has 0 saturated carbocycles. The van der Waals surface area contributed by atoms with Gasteiger partial charge in [-0.15, -0.1) is 0 Å². The Bertz CT molecular complexity index is 1150. The summed E-state index contributed by atoms with van der Waals surface area (Å²) in [5.74, 6) is 0.521. The van der Waals surface area contributed by atoms with Crippen molar-refractivity contribution < 1.29 is 13.2 Å². The lowest BCUT2D eigenvalue weighted by molar-refractivity contribution is -0.137. The Morgan fingerprint density at radius 2 is 2.09 bits per heavy atom. The number of alkyl halides is 3. The van der Waals surface area contributed by atoms with Gasteiger partial charge >= 0.3 is 6.18 Å². The molecular weight excluding hydrogens is 417 g/mol. The van der Waals surface area contributed by atoms with E-state index in [1.807, 2.05) is 30.1 Å². The number of hydrogen-bond acceptors (Lipinski definition) is 5. The Morgan fingerprint density at radius 1 is 1.25 bits per heavy atom. The third-order valence-corrected chi connectivity index (χ3v) is 5.83. The Labute approximate surface area is 184 Å². The largest absolute Gasteiger partial charge is 0.418 e. The van der Waals surface area contributed by atoms with Crippen LogP contribution in [0.1, 0.15) is 31.7 Å². The Kier molecular flexibility index (Phi) is 6.45. The summed E-state index contributed by atoms with van der Waals surface area (Å²) in [6, 6.07) is 2.75. The maximum Gasteiger partial charge on any atom is 0.418 e. The molecular formula is C23H27F3N6. The van der Waals surface area contributed by atoms with Gasteiger partial charge in [0.2, 0.25) is 0 Å². The van der Waals surface area contributed by atoms with Crippen molar-refractivity contribution in [3.05, 3.63) is 40.4 Å². The highest BCUT2D eigenvalue weighted by Gasteiger charge is 2.36. The van der Waals surface area contributed by atoms with Gasteiger partial charge in [0.15, 0.2) is 0 Å². The fraction of sp³-hybridized carbons (Fsp3) is 0.435. The SMILES string of the molecule is CN=C(C)CC1CN(c2ccc(C(F)(F)F)c(-c3n[nH]c4c3=CC=CCCC=4)n2)CCN1. The number of nitrogens with zero attached hydrogens (tertiary/aromatic N) is 4. The van der Waals surface area contributed by atoms with Gasteiger partial charge in [0.1, 0.15) is 17.2 Å². The molecule has 170 valence electrons. The third kappa shape index (κ3) is 4.77. The highest BCUT2D eigenvalue weighted by Crippen LogP contribution is 2.36. The highest BCUT2D eigenvalue weighted by atomic mass is 19.4. The zero-order chi connectivity index (χ0) is 22.7. The number of fused-ring (bicyclic) bond motifs is 1. The number of hydrogen-bond donors (Lipinski definition) is 2. The van der Waals surface area contributed by atoms with Gasteiger partial charge in [-0.1, -0.05) is 24.3 Å². The van der Waals surface area contributed by atoms with Crippen molar-refractivity contribution in [3.8, 4) is 11.4 Å². The van der Waals surface area contributed by atoms with Crippen molar-refractivity contribution in [2.75, 3.05) is 31.6 Å². The molecule has 4 rings (SSSR count). The molecule has 0 spiro atoms. The van der Waals surface area contributed by atoms with Crippen LogP contribution in [0.25, 0.3) is 23.5 Å². The highest BCUT2D eigenvalue weighted by molar-refractivity contribution is 5.82. The monoisotopic (exact) mass is 444 g/mol. The van der Waals surface area contributed by atoms with Gasteiger partial charge in [-0.3, -0.25) is 10.1 Å². The number of nitrogens with one attached hydrogen (secondary N) is 2. The first-order chi connectivity index (χ1) is 15.4. The van der Waals surface area contributed by atoms with E-state index < -0.39 is 11.7 Å². The predicted octanol–water partition coefficient (Wildman–Crippen LogP) is 2.66. The van der Waals surface area contributed by atoms with Crippen LogP contribution in [0.5, 0.6) is 0 Å². The number of piperazine rings is 1. The first-order valence-corrected chi connectivity index (χ1v) is 10.8. The number of H-pyrrole nitrogens is 1. The molecule has 1 aliphatic carbocycles. The molecule has 2 aromatic rings. The fourth-order valence-corrected chi connectivity index (χ4v) is 4.11. The van der Waals surface area contributed by atoms with E-state index in [-0.39, 0.29) is 17.4 Å². The van der Waals surface area contributed by atoms with Crippen LogP contribution in [0, 0.1) is 0 Å². The summed E-state index contributed by atoms with van der Waals surface area (Å²) >= 11 is 0. The number of allylic oxidation sites excluding steroid dienone is 2. The van der Waals surface area contributed by atoms with E-state index in [1.165, 1.54) is 6.07 Å². The molecule has 0 aromatic carbocycles. The standard InChI is InChI=1S/C23H27F3N6/c1-15(27-2)13-16-14-32(12-11-28-16)20-10-9-18(23(24,25)26)22(29-20)21-17-7-5-3-4-6-8-19(17)30-31-21/h3,5,7-10,16,28,30H,4,6,11-14H2,1-2H3. The van der Waals surface area contributed by atoms with Crippen molar-refractivity contribution >= 4 is 23.7 Å². The van der Waals surface area contributed by atoms with Crippen molar-refractivity contribution in [2.45, 2.75) is 38.4 Å². The Morgan fingerprint density at radius 3 is 2.88 bits per heavy atom. The minimum absolute atomic E-state index is 0.146. The molecule has 0 bridgehead atoms. The Hall–Kier alpha value is -2.94. The molecule has 1 unspecified atom stereocenters. The normalized spacial score (nSPS) is 19.6. The second kappa shape index (κ2) is 9.28. The number of aromatic amines is 1. The van der Waals surface area contributed by atoms with Crippen molar-refractivity contribution in [3.63, 3.8) is 0 Å². The first-order valence-electron chi connectivity index (χ1n) is 10.8. The molecule has 2 N–H and O–H groups in total. The Balaban J connectivity index is 1.77. The van der Waals surface area contributed by atoms with Gasteiger partial charge < -0.3 is 10.2 Å². The molecule has 6 nitrogen and oxygen atoms in total. The van der Waals surface area contributed by atoms with E-state index in [4.69, 9.17) is 0 Å². The van der Waals surface area contributed by atoms with E-state index in [2.05, 4.69) is 25.5 Å². The smallest absolute Gasteiger partial charge is 0.354 e. The lowest BCUT2D eigenvalue weighted by Crippen LogP contribution is -2.51. The average molecular weight is 445 g/mol. The minimum atomic E-state index is -4.53. The van der Waals surface area contributed by atoms with Crippen LogP contribution in [0.15, 0.2) is 29.3 Å². The molecule has 2 aromatic heterocycles. The number of anilines is 1. The predicted molar refractivity (Wildman–Crippen MR) is 121 cm³/mol. The summed E-state index contributed by atoms with van der Waals surface area (Å²) in [6.07, 6.45) is 5.53. The van der Waals surface area contributed by atoms with Crippen LogP contribution in [-0.4, -0.2) is 53.6 Å². The van der Waals surface area contributed by atoms with Crippen molar-refractivity contribution in [2.24, 2.45) is 4.99 Å². The van der Waals surface area contributed by atoms with E-state index in [9.17, 15) is 13.2 Å². The summed E-state index contributed by atoms with van der Waals surface area (Å²) in [7, 11) is 1.76. The lowest BCUT2D eigenvalue weighted by Gasteiger charge is -2.35. The number of aromatic nitrogens is 3. The summed E-state index contributed by atoms with van der Waals surface area (Å²) in [4.78, 5) is 10.8. The number of halogens is 3. The maximum atomic E-state index is 13.9. The molecule has 1 aliphatic heterocycles. The van der Waals surface area contributed by atoms with Gasteiger partial charge in [-0.2, -0.15) is 18.3 Å². The molecule has 0 radical (unpaired) electrons. The number of aliphatic imine (C=N–C) groups is 1. The maximum absolute atomic E-state index is 13.9. The van der Waals surface area contributed by atoms with Crippen LogP contribution in [-0.2, 0) is 6.18 Å². The molecule has 3 heterocycles. The minimum Gasteiger partial charge on any atom is -0.354 e. The van der Waals surface area contributed by atoms with Crippen LogP contribution < -0.4 is 20.8 Å². The topological polar surface area (TPSA) is 69.2 Å². The fourth-order valence-electron chi connectivity index (χ4n) is 4.11. The van der Waals surface area contributed by atoms with Crippen molar-refractivity contribution in [1.29, 1.82) is 0 Å². The van der Waals surface area contributed by atoms with Crippen LogP contribution in [0.3, 0.4) is 0 Å². The zero-order valence-electron chi connectivity index (χ0n) is 18.2. The van der Waals surface area contributed by atoms with Gasteiger partial charge in [0.25, 0.3) is 0 Å². The van der Waals surface area contributed by atoms with E-state index in [0.29, 0.717) is 24.1 Å². The first kappa shape index (κ1) is 22.3. The molecule has 1 fully saturated rings. The molecule has 32 heavy (non-hydrogen) atoms. The van der Waals surface area contributed by atoms with Crippen molar-refractivity contribution in [1.82, 2.24) is 20.5 Å². The van der Waals surface area contributed by atoms with Crippen LogP contribution >= 0.6 is 0 Å². The molecule has 1 saturated heterocycles. The summed E-state index contributed by atoms with van der Waals surface area (Å²) in [5.41, 5.74) is 0.321. The van der Waals surface area contributed by atoms with Gasteiger partial charge in [0.05, 0.1) is 10.9 Å². The second-order valence-electron chi connectivity index (χ2n) is 8.10. The quantitative estimate of drug-likeness (QED) is 0.712. The van der Waals surface area contributed by atoms with Gasteiger partial charge in [-0.05, 0) is 31.9 Å². The van der Waals surface area contributed by atoms with Crippen LogP contribution in [0.2, 0.25) is 0 Å². The van der Waals surface area contributed by atoms with E-state index in [1.54, 1.807) is 13.1 Å². The summed E-state index contributed by atoms with van der Waals surface area (Å²) in [6.45, 7) is 4.01. The summed E-state index contributed by atoms with van der Waals surface area (Å²) in [5, 5.41) is 11.9. The van der Waals surface area contributed by atoms with Crippen LogP contribution in [0.4, 0.5) is 19.0 Å². The number of pyridine rings is 1. The van der Waals surface area contributed by atoms with E-state index in [0.717, 1.165) is 42.9 Å². The average Bonchev–Trinajstić information content (AvgIpc) is 3.14. The zero-order valence-corrected chi connectivity index (χ0v) is 18.2. The molecule has 2 aliphatic rings. The second-order valence-corrected chi connectivity index (χ2v) is 8.10. The number of rotatable bonds is 4. The summed E-state index contributed by atoms with van der Waals surface area (Å²) < 4.78 is 41.7. The molecule has 9 heteroatoms. The molecule has 0 amide bonds. The lowest BCUT2D eigenvalue weighted by atomic mass is 10.1. The van der Waals surface area contributed by atoms with E-state index >= 15 is 0 Å².